The topological polar surface area (TPSA) is 123 Å². The lowest BCUT2D eigenvalue weighted by atomic mass is 9.94. The van der Waals surface area contributed by atoms with Gasteiger partial charge < -0.3 is 10.8 Å². The van der Waals surface area contributed by atoms with E-state index in [1.54, 1.807) is 35.1 Å². The number of anilines is 1. The Morgan fingerprint density at radius 2 is 1.93 bits per heavy atom. The summed E-state index contributed by atoms with van der Waals surface area (Å²) < 4.78 is 30.5. The molecule has 1 saturated carbocycles. The molecule has 0 atom stereocenters. The summed E-state index contributed by atoms with van der Waals surface area (Å²) in [4.78, 5) is 8.55. The highest BCUT2D eigenvalue weighted by molar-refractivity contribution is 7.89. The molecular formula is C19H23N5O3S. The molecule has 8 nitrogen and oxygen atoms in total. The van der Waals surface area contributed by atoms with Crippen LogP contribution >= 0.6 is 0 Å². The van der Waals surface area contributed by atoms with Gasteiger partial charge in [0.25, 0.3) is 0 Å². The fourth-order valence-electron chi connectivity index (χ4n) is 3.68. The van der Waals surface area contributed by atoms with Gasteiger partial charge in [-0.1, -0.05) is 0 Å². The number of benzene rings is 1. The number of hydrogen-bond acceptors (Lipinski definition) is 6. The van der Waals surface area contributed by atoms with Crippen LogP contribution in [-0.2, 0) is 10.0 Å². The third-order valence-corrected chi connectivity index (χ3v) is 6.63. The molecule has 0 unspecified atom stereocenters. The van der Waals surface area contributed by atoms with Crippen LogP contribution in [0.25, 0.3) is 16.9 Å². The summed E-state index contributed by atoms with van der Waals surface area (Å²) in [5.41, 5.74) is 8.70. The fraction of sp³-hybridized carbons (Fsp3) is 0.368. The number of nitrogens with one attached hydrogen (secondary N) is 1. The van der Waals surface area contributed by atoms with E-state index in [2.05, 4.69) is 14.7 Å². The predicted octanol–water partition coefficient (Wildman–Crippen LogP) is 1.87. The molecule has 1 aliphatic carbocycles. The van der Waals surface area contributed by atoms with Crippen molar-refractivity contribution in [3.8, 4) is 11.3 Å². The van der Waals surface area contributed by atoms with Crippen LogP contribution in [0.1, 0.15) is 31.2 Å². The van der Waals surface area contributed by atoms with Crippen molar-refractivity contribution >= 4 is 21.5 Å². The van der Waals surface area contributed by atoms with Crippen LogP contribution < -0.4 is 10.5 Å². The largest absolute Gasteiger partial charge is 0.393 e. The number of nitrogens with two attached hydrogens (primary N) is 1. The van der Waals surface area contributed by atoms with Gasteiger partial charge in [0.05, 0.1) is 22.9 Å². The minimum absolute atomic E-state index is 0.154. The van der Waals surface area contributed by atoms with E-state index in [1.807, 2.05) is 13.0 Å². The van der Waals surface area contributed by atoms with Crippen molar-refractivity contribution in [2.24, 2.45) is 0 Å². The Kier molecular flexibility index (Phi) is 4.82. The number of aromatic nitrogens is 3. The maximum atomic E-state index is 12.9. The molecule has 2 aromatic heterocycles. The summed E-state index contributed by atoms with van der Waals surface area (Å²) in [5, 5.41) is 9.63. The monoisotopic (exact) mass is 401 g/mol. The quantitative estimate of drug-likeness (QED) is 0.613. The lowest BCUT2D eigenvalue weighted by Gasteiger charge is -2.26. The number of rotatable bonds is 4. The van der Waals surface area contributed by atoms with Crippen LogP contribution in [0.15, 0.2) is 41.7 Å². The van der Waals surface area contributed by atoms with E-state index in [4.69, 9.17) is 5.73 Å². The van der Waals surface area contributed by atoms with E-state index in [1.165, 1.54) is 0 Å². The van der Waals surface area contributed by atoms with Crippen molar-refractivity contribution in [1.29, 1.82) is 0 Å². The van der Waals surface area contributed by atoms with Gasteiger partial charge in [0.1, 0.15) is 0 Å². The van der Waals surface area contributed by atoms with Crippen molar-refractivity contribution in [3.63, 3.8) is 0 Å². The van der Waals surface area contributed by atoms with Crippen LogP contribution in [0.2, 0.25) is 0 Å². The molecule has 0 amide bonds. The van der Waals surface area contributed by atoms with E-state index >= 15 is 0 Å². The van der Waals surface area contributed by atoms with Gasteiger partial charge in [-0.2, -0.15) is 0 Å². The highest BCUT2D eigenvalue weighted by atomic mass is 32.2. The number of hydrogen-bond donors (Lipinski definition) is 3. The Labute approximate surface area is 163 Å². The summed E-state index contributed by atoms with van der Waals surface area (Å²) in [6.07, 6.45) is 7.16. The van der Waals surface area contributed by atoms with Crippen LogP contribution in [0.3, 0.4) is 0 Å². The molecule has 28 heavy (non-hydrogen) atoms. The number of aliphatic hydroxyl groups is 1. The SMILES string of the molecule is Cc1cc(-c2cnc3c(N)nccn23)cc(S(=O)(=O)N[C@H]2CC[C@H](O)CC2)c1. The van der Waals surface area contributed by atoms with Crippen molar-refractivity contribution in [3.05, 3.63) is 42.4 Å². The average Bonchev–Trinajstić information content (AvgIpc) is 3.08. The molecule has 1 aromatic carbocycles. The maximum absolute atomic E-state index is 12.9. The Hall–Kier alpha value is -2.49. The van der Waals surface area contributed by atoms with Crippen molar-refractivity contribution in [1.82, 2.24) is 19.1 Å². The van der Waals surface area contributed by atoms with E-state index in [0.717, 1.165) is 16.8 Å². The first-order chi connectivity index (χ1) is 13.3. The third kappa shape index (κ3) is 3.60. The summed E-state index contributed by atoms with van der Waals surface area (Å²) in [7, 11) is -3.67. The summed E-state index contributed by atoms with van der Waals surface area (Å²) >= 11 is 0. The molecule has 4 N–H and O–H groups in total. The maximum Gasteiger partial charge on any atom is 0.240 e. The second kappa shape index (κ2) is 7.16. The molecule has 0 saturated heterocycles. The highest BCUT2D eigenvalue weighted by Crippen LogP contribution is 2.27. The van der Waals surface area contributed by atoms with E-state index in [-0.39, 0.29) is 17.0 Å². The van der Waals surface area contributed by atoms with Crippen LogP contribution in [0.5, 0.6) is 0 Å². The van der Waals surface area contributed by atoms with E-state index in [0.29, 0.717) is 37.1 Å². The van der Waals surface area contributed by atoms with Gasteiger partial charge >= 0.3 is 0 Å². The normalized spacial score (nSPS) is 20.5. The Morgan fingerprint density at radius 1 is 1.18 bits per heavy atom. The van der Waals surface area contributed by atoms with E-state index in [9.17, 15) is 13.5 Å². The fourth-order valence-corrected chi connectivity index (χ4v) is 5.12. The molecule has 3 aromatic rings. The summed E-state index contributed by atoms with van der Waals surface area (Å²) in [6.45, 7) is 1.86. The number of fused-ring (bicyclic) bond motifs is 1. The van der Waals surface area contributed by atoms with E-state index < -0.39 is 10.0 Å². The molecule has 1 aliphatic rings. The lowest BCUT2D eigenvalue weighted by Crippen LogP contribution is -2.38. The van der Waals surface area contributed by atoms with Gasteiger partial charge in [-0.05, 0) is 56.4 Å². The first kappa shape index (κ1) is 18.9. The molecular weight excluding hydrogens is 378 g/mol. The first-order valence-corrected chi connectivity index (χ1v) is 10.7. The average molecular weight is 401 g/mol. The number of nitrogen functional groups attached to an aromatic ring is 1. The zero-order chi connectivity index (χ0) is 19.9. The van der Waals surface area contributed by atoms with Crippen molar-refractivity contribution < 1.29 is 13.5 Å². The zero-order valence-electron chi connectivity index (χ0n) is 15.5. The molecule has 9 heteroatoms. The second-order valence-corrected chi connectivity index (χ2v) is 9.02. The van der Waals surface area contributed by atoms with Crippen molar-refractivity contribution in [2.45, 2.75) is 49.6 Å². The molecule has 148 valence electrons. The molecule has 2 heterocycles. The number of nitrogens with zero attached hydrogens (tertiary/aromatic N) is 3. The van der Waals surface area contributed by atoms with Gasteiger partial charge in [0.2, 0.25) is 10.0 Å². The smallest absolute Gasteiger partial charge is 0.240 e. The molecule has 0 aliphatic heterocycles. The Balaban J connectivity index is 1.69. The minimum Gasteiger partial charge on any atom is -0.393 e. The van der Waals surface area contributed by atoms with Crippen LogP contribution in [0, 0.1) is 6.92 Å². The van der Waals surface area contributed by atoms with Gasteiger partial charge in [0, 0.05) is 24.0 Å². The number of sulfonamides is 1. The molecule has 0 bridgehead atoms. The molecule has 4 rings (SSSR count). The molecule has 0 radical (unpaired) electrons. The van der Waals surface area contributed by atoms with Crippen LogP contribution in [0.4, 0.5) is 5.82 Å². The molecule has 0 spiro atoms. The Morgan fingerprint density at radius 3 is 2.68 bits per heavy atom. The van der Waals surface area contributed by atoms with Crippen molar-refractivity contribution in [2.75, 3.05) is 5.73 Å². The Bertz CT molecular complexity index is 1120. The number of aliphatic hydroxyl groups excluding tert-OH is 1. The molecule has 1 fully saturated rings. The van der Waals surface area contributed by atoms with Gasteiger partial charge in [0.15, 0.2) is 11.5 Å². The third-order valence-electron chi connectivity index (χ3n) is 5.13. The first-order valence-electron chi connectivity index (χ1n) is 9.23. The summed E-state index contributed by atoms with van der Waals surface area (Å²) in [6, 6.07) is 5.06. The second-order valence-electron chi connectivity index (χ2n) is 7.31. The number of aryl methyl sites for hydroxylation is 1. The highest BCUT2D eigenvalue weighted by Gasteiger charge is 2.25. The van der Waals surface area contributed by atoms with Crippen LogP contribution in [-0.4, -0.2) is 40.0 Å². The zero-order valence-corrected chi connectivity index (χ0v) is 16.4. The minimum atomic E-state index is -3.67. The summed E-state index contributed by atoms with van der Waals surface area (Å²) in [5.74, 6) is 0.315. The lowest BCUT2D eigenvalue weighted by molar-refractivity contribution is 0.120. The van der Waals surface area contributed by atoms with Gasteiger partial charge in [-0.25, -0.2) is 23.1 Å². The van der Waals surface area contributed by atoms with Gasteiger partial charge in [-0.3, -0.25) is 4.40 Å². The predicted molar refractivity (Wildman–Crippen MR) is 106 cm³/mol. The standard InChI is InChI=1S/C19H23N5O3S/c1-12-8-13(17-11-22-19-18(20)21-6-7-24(17)19)10-16(9-12)28(26,27)23-14-2-4-15(25)5-3-14/h6-11,14-15,23,25H,2-5H2,1H3,(H2,20,21)/t14-,15-. The van der Waals surface area contributed by atoms with Gasteiger partial charge in [-0.15, -0.1) is 0 Å². The number of imidazole rings is 1.